The highest BCUT2D eigenvalue weighted by Crippen LogP contribution is 1.97. The van der Waals surface area contributed by atoms with Crippen molar-refractivity contribution >= 4 is 16.4 Å². The van der Waals surface area contributed by atoms with Crippen molar-refractivity contribution in [2.24, 2.45) is 5.73 Å². The van der Waals surface area contributed by atoms with Gasteiger partial charge in [-0.25, -0.2) is 0 Å². The van der Waals surface area contributed by atoms with Crippen LogP contribution in [-0.2, 0) is 15.2 Å². The van der Waals surface area contributed by atoms with Crippen LogP contribution < -0.4 is 5.73 Å². The summed E-state index contributed by atoms with van der Waals surface area (Å²) in [6, 6.07) is -0.772. The molecule has 0 rings (SSSR count). The normalized spacial score (nSPS) is 12.5. The molecule has 1 atom stereocenters. The first kappa shape index (κ1) is 16.7. The highest BCUT2D eigenvalue weighted by Gasteiger charge is 2.09. The van der Waals surface area contributed by atoms with Crippen LogP contribution in [0.15, 0.2) is 0 Å². The quantitative estimate of drug-likeness (QED) is 0.302. The van der Waals surface area contributed by atoms with Crippen LogP contribution in [0.25, 0.3) is 0 Å². The molecule has 0 radical (unpaired) electrons. The van der Waals surface area contributed by atoms with Crippen LogP contribution in [-0.4, -0.2) is 46.4 Å². The predicted octanol–water partition coefficient (Wildman–Crippen LogP) is -1.09. The van der Waals surface area contributed by atoms with Gasteiger partial charge in [0, 0.05) is 6.61 Å². The summed E-state index contributed by atoms with van der Waals surface area (Å²) in [4.78, 5) is 10.1. The molecule has 0 spiro atoms. The molecule has 0 aliphatic heterocycles. The van der Waals surface area contributed by atoms with E-state index in [9.17, 15) is 4.79 Å². The maximum Gasteiger partial charge on any atom is 0.394 e. The van der Waals surface area contributed by atoms with Gasteiger partial charge in [0.15, 0.2) is 0 Å². The molecule has 8 nitrogen and oxygen atoms in total. The predicted molar refractivity (Wildman–Crippen MR) is 50.7 cm³/mol. The number of nitrogens with two attached hydrogens (primary N) is 1. The van der Waals surface area contributed by atoms with Gasteiger partial charge in [-0.3, -0.25) is 13.9 Å². The molecule has 0 unspecified atom stereocenters. The van der Waals surface area contributed by atoms with Gasteiger partial charge in [-0.05, 0) is 19.3 Å². The molecule has 0 aromatic carbocycles. The van der Waals surface area contributed by atoms with E-state index in [2.05, 4.69) is 0 Å². The Bertz CT molecular complexity index is 255. The fourth-order valence-electron chi connectivity index (χ4n) is 0.600. The van der Waals surface area contributed by atoms with Gasteiger partial charge in [-0.1, -0.05) is 0 Å². The molecule has 9 heteroatoms. The summed E-state index contributed by atoms with van der Waals surface area (Å²) in [5, 5.41) is 16.6. The first-order valence-electron chi connectivity index (χ1n) is 3.97. The van der Waals surface area contributed by atoms with Crippen LogP contribution in [0.3, 0.4) is 0 Å². The minimum Gasteiger partial charge on any atom is -0.480 e. The average molecular weight is 245 g/mol. The Labute approximate surface area is 87.3 Å². The van der Waals surface area contributed by atoms with Crippen LogP contribution in [0.4, 0.5) is 0 Å². The second kappa shape index (κ2) is 8.56. The molecule has 0 saturated heterocycles. The third-order valence-electron chi connectivity index (χ3n) is 1.24. The number of carbonyl (C=O) groups is 1. The van der Waals surface area contributed by atoms with Crippen LogP contribution >= 0.6 is 0 Å². The fourth-order valence-corrected chi connectivity index (χ4v) is 0.600. The van der Waals surface area contributed by atoms with Crippen molar-refractivity contribution in [3.8, 4) is 0 Å². The molecular weight excluding hydrogens is 230 g/mol. The molecule has 0 fully saturated rings. The molecule has 92 valence electrons. The zero-order valence-corrected chi connectivity index (χ0v) is 8.72. The SMILES string of the molecule is N[C@@H](CCCCO)C(=O)O.O=S(=O)(O)O. The van der Waals surface area contributed by atoms with E-state index >= 15 is 0 Å². The first-order chi connectivity index (χ1) is 6.68. The third kappa shape index (κ3) is 24.6. The molecular formula is C6H15NO7S. The second-order valence-corrected chi connectivity index (χ2v) is 3.51. The Hall–Kier alpha value is -0.740. The number of carboxylic acids is 1. The lowest BCUT2D eigenvalue weighted by molar-refractivity contribution is -0.138. The largest absolute Gasteiger partial charge is 0.480 e. The van der Waals surface area contributed by atoms with Crippen LogP contribution in [0.1, 0.15) is 19.3 Å². The number of aliphatic carboxylic acids is 1. The number of hydrogen-bond donors (Lipinski definition) is 5. The van der Waals surface area contributed by atoms with E-state index in [-0.39, 0.29) is 6.61 Å². The van der Waals surface area contributed by atoms with E-state index in [4.69, 9.17) is 33.5 Å². The van der Waals surface area contributed by atoms with E-state index < -0.39 is 22.4 Å². The number of unbranched alkanes of at least 4 members (excludes halogenated alkanes) is 1. The molecule has 0 bridgehead atoms. The number of hydrogen-bond acceptors (Lipinski definition) is 5. The first-order valence-corrected chi connectivity index (χ1v) is 5.37. The van der Waals surface area contributed by atoms with Gasteiger partial charge in [0.05, 0.1) is 0 Å². The molecule has 15 heavy (non-hydrogen) atoms. The Morgan fingerprint density at radius 1 is 1.27 bits per heavy atom. The Kier molecular flexibility index (Phi) is 9.52. The summed E-state index contributed by atoms with van der Waals surface area (Å²) in [5.74, 6) is -0.974. The number of aliphatic hydroxyl groups excluding tert-OH is 1. The Balaban J connectivity index is 0. The number of aliphatic hydroxyl groups is 1. The van der Waals surface area contributed by atoms with Gasteiger partial charge in [-0.15, -0.1) is 0 Å². The van der Waals surface area contributed by atoms with E-state index in [1.807, 2.05) is 0 Å². The van der Waals surface area contributed by atoms with Crippen molar-refractivity contribution in [1.82, 2.24) is 0 Å². The smallest absolute Gasteiger partial charge is 0.394 e. The molecule has 6 N–H and O–H groups in total. The lowest BCUT2D eigenvalue weighted by Gasteiger charge is -2.03. The van der Waals surface area contributed by atoms with Crippen molar-refractivity contribution in [3.63, 3.8) is 0 Å². The molecule has 0 aliphatic rings. The second-order valence-electron chi connectivity index (χ2n) is 2.61. The molecule has 0 aromatic heterocycles. The summed E-state index contributed by atoms with van der Waals surface area (Å²) in [5.41, 5.74) is 5.18. The Morgan fingerprint density at radius 2 is 1.67 bits per heavy atom. The van der Waals surface area contributed by atoms with Crippen molar-refractivity contribution in [1.29, 1.82) is 0 Å². The zero-order chi connectivity index (χ0) is 12.5. The highest BCUT2D eigenvalue weighted by molar-refractivity contribution is 7.79. The van der Waals surface area contributed by atoms with Gasteiger partial charge >= 0.3 is 16.4 Å². The standard InChI is InChI=1S/C6H13NO3.H2O4S/c7-5(6(9)10)3-1-2-4-8;1-5(2,3)4/h5,8H,1-4,7H2,(H,9,10);(H2,1,2,3,4)/t5-;/m0./s1. The maximum atomic E-state index is 10.1. The van der Waals surface area contributed by atoms with Gasteiger partial charge in [0.2, 0.25) is 0 Å². The average Bonchev–Trinajstić information content (AvgIpc) is 2.01. The van der Waals surface area contributed by atoms with Crippen molar-refractivity contribution < 1.29 is 32.5 Å². The van der Waals surface area contributed by atoms with E-state index in [1.54, 1.807) is 0 Å². The molecule has 0 amide bonds. The summed E-state index contributed by atoms with van der Waals surface area (Å²) < 4.78 is 31.6. The molecule has 0 aliphatic carbocycles. The van der Waals surface area contributed by atoms with Crippen molar-refractivity contribution in [3.05, 3.63) is 0 Å². The molecule has 0 aromatic rings. The molecule has 0 saturated carbocycles. The topological polar surface area (TPSA) is 158 Å². The highest BCUT2D eigenvalue weighted by atomic mass is 32.3. The summed E-state index contributed by atoms with van der Waals surface area (Å²) in [7, 11) is -4.67. The monoisotopic (exact) mass is 245 g/mol. The van der Waals surface area contributed by atoms with Gasteiger partial charge in [0.25, 0.3) is 0 Å². The third-order valence-corrected chi connectivity index (χ3v) is 1.24. The van der Waals surface area contributed by atoms with Crippen LogP contribution in [0, 0.1) is 0 Å². The number of rotatable bonds is 5. The van der Waals surface area contributed by atoms with E-state index in [1.165, 1.54) is 0 Å². The van der Waals surface area contributed by atoms with E-state index in [0.29, 0.717) is 19.3 Å². The minimum atomic E-state index is -4.67. The van der Waals surface area contributed by atoms with Crippen LogP contribution in [0.5, 0.6) is 0 Å². The van der Waals surface area contributed by atoms with Crippen molar-refractivity contribution in [2.45, 2.75) is 25.3 Å². The number of carboxylic acid groups (broad SMARTS) is 1. The van der Waals surface area contributed by atoms with Crippen molar-refractivity contribution in [2.75, 3.05) is 6.61 Å². The van der Waals surface area contributed by atoms with Gasteiger partial charge < -0.3 is 15.9 Å². The lowest BCUT2D eigenvalue weighted by atomic mass is 10.1. The lowest BCUT2D eigenvalue weighted by Crippen LogP contribution is -2.29. The summed E-state index contributed by atoms with van der Waals surface area (Å²) in [6.45, 7) is 0.104. The summed E-state index contributed by atoms with van der Waals surface area (Å²) >= 11 is 0. The Morgan fingerprint density at radius 3 is 1.93 bits per heavy atom. The van der Waals surface area contributed by atoms with Gasteiger partial charge in [0.1, 0.15) is 6.04 Å². The summed E-state index contributed by atoms with van der Waals surface area (Å²) in [6.07, 6.45) is 1.74. The zero-order valence-electron chi connectivity index (χ0n) is 7.90. The fraction of sp³-hybridized carbons (Fsp3) is 0.833. The van der Waals surface area contributed by atoms with Gasteiger partial charge in [-0.2, -0.15) is 8.42 Å². The maximum absolute atomic E-state index is 10.1. The molecule has 0 heterocycles. The van der Waals surface area contributed by atoms with Crippen LogP contribution in [0.2, 0.25) is 0 Å². The minimum absolute atomic E-state index is 0.104. The van der Waals surface area contributed by atoms with E-state index in [0.717, 1.165) is 0 Å².